The summed E-state index contributed by atoms with van der Waals surface area (Å²) in [5, 5.41) is 3.11. The Labute approximate surface area is 186 Å². The van der Waals surface area contributed by atoms with Crippen LogP contribution in [0.25, 0.3) is 0 Å². The van der Waals surface area contributed by atoms with Crippen LogP contribution in [-0.2, 0) is 6.42 Å². The molecule has 0 heterocycles. The lowest BCUT2D eigenvalue weighted by atomic mass is 10.0. The molecule has 2 aromatic carbocycles. The van der Waals surface area contributed by atoms with Crippen molar-refractivity contribution in [2.45, 2.75) is 51.3 Å². The van der Waals surface area contributed by atoms with Crippen LogP contribution in [-0.4, -0.2) is 25.5 Å². The van der Waals surface area contributed by atoms with Gasteiger partial charge in [-0.1, -0.05) is 45.4 Å². The number of ketones is 1. The lowest BCUT2D eigenvalue weighted by molar-refractivity contribution is 0.0982. The SMILES string of the molecule is Br.CCCCOc1ccc(C(=O)CCc2ccccc2S)cc1.CCNCC. The highest BCUT2D eigenvalue weighted by Gasteiger charge is 2.07. The van der Waals surface area contributed by atoms with Gasteiger partial charge in [0.05, 0.1) is 6.61 Å². The quantitative estimate of drug-likeness (QED) is 0.249. The third-order valence-corrected chi connectivity index (χ3v) is 4.49. The molecule has 2 aromatic rings. The molecule has 0 saturated heterocycles. The molecular formula is C23H34BrNO2S. The number of thiol groups is 1. The van der Waals surface area contributed by atoms with Crippen molar-refractivity contribution < 1.29 is 9.53 Å². The van der Waals surface area contributed by atoms with Gasteiger partial charge in [0.15, 0.2) is 5.78 Å². The van der Waals surface area contributed by atoms with Crippen molar-refractivity contribution >= 4 is 35.4 Å². The normalized spacial score (nSPS) is 9.71. The van der Waals surface area contributed by atoms with Crippen LogP contribution in [0.3, 0.4) is 0 Å². The van der Waals surface area contributed by atoms with Crippen LogP contribution in [0, 0.1) is 0 Å². The predicted octanol–water partition coefficient (Wildman–Crippen LogP) is 6.16. The summed E-state index contributed by atoms with van der Waals surface area (Å²) in [5.74, 6) is 0.974. The summed E-state index contributed by atoms with van der Waals surface area (Å²) >= 11 is 4.41. The second kappa shape index (κ2) is 16.6. The monoisotopic (exact) mass is 467 g/mol. The van der Waals surface area contributed by atoms with E-state index in [0.29, 0.717) is 12.8 Å². The maximum absolute atomic E-state index is 12.2. The lowest BCUT2D eigenvalue weighted by Crippen LogP contribution is -2.09. The first kappa shape index (κ1) is 26.7. The number of benzene rings is 2. The number of nitrogens with one attached hydrogen (secondary N) is 1. The number of carbonyl (C=O) groups is 1. The number of unbranched alkanes of at least 4 members (excludes halogenated alkanes) is 1. The van der Waals surface area contributed by atoms with Crippen LogP contribution in [0.4, 0.5) is 0 Å². The molecule has 1 N–H and O–H groups in total. The zero-order valence-corrected chi connectivity index (χ0v) is 19.8. The first-order valence-electron chi connectivity index (χ1n) is 9.85. The molecule has 5 heteroatoms. The van der Waals surface area contributed by atoms with Crippen LogP contribution >= 0.6 is 29.6 Å². The molecule has 0 aliphatic heterocycles. The Morgan fingerprint density at radius 3 is 2.18 bits per heavy atom. The van der Waals surface area contributed by atoms with Gasteiger partial charge in [0.25, 0.3) is 0 Å². The third-order valence-electron chi connectivity index (χ3n) is 4.06. The molecule has 3 nitrogen and oxygen atoms in total. The standard InChI is InChI=1S/C19H22O2S.C4H11N.BrH/c1-2-3-14-21-17-11-8-15(9-12-17)18(20)13-10-16-6-4-5-7-19(16)22;1-3-5-4-2;/h4-9,11-12,22H,2-3,10,13-14H2,1H3;5H,3-4H2,1-2H3;1H. The van der Waals surface area contributed by atoms with Gasteiger partial charge in [0, 0.05) is 16.9 Å². The highest BCUT2D eigenvalue weighted by molar-refractivity contribution is 8.93. The van der Waals surface area contributed by atoms with E-state index in [-0.39, 0.29) is 22.8 Å². The molecule has 0 fully saturated rings. The Kier molecular flexibility index (Phi) is 15.9. The van der Waals surface area contributed by atoms with Crippen LogP contribution in [0.5, 0.6) is 5.75 Å². The number of aryl methyl sites for hydroxylation is 1. The first-order chi connectivity index (χ1) is 13.1. The molecule has 0 aliphatic rings. The fourth-order valence-corrected chi connectivity index (χ4v) is 2.71. The van der Waals surface area contributed by atoms with Crippen LogP contribution in [0.2, 0.25) is 0 Å². The lowest BCUT2D eigenvalue weighted by Gasteiger charge is -2.07. The molecular weight excluding hydrogens is 434 g/mol. The molecule has 0 aromatic heterocycles. The van der Waals surface area contributed by atoms with E-state index in [1.807, 2.05) is 48.5 Å². The number of halogens is 1. The molecule has 0 aliphatic carbocycles. The molecule has 0 spiro atoms. The van der Waals surface area contributed by atoms with E-state index < -0.39 is 0 Å². The van der Waals surface area contributed by atoms with Crippen molar-refractivity contribution in [3.05, 3.63) is 59.7 Å². The molecule has 0 radical (unpaired) electrons. The Balaban J connectivity index is 0.00000108. The van der Waals surface area contributed by atoms with Gasteiger partial charge in [0.2, 0.25) is 0 Å². The van der Waals surface area contributed by atoms with Crippen molar-refractivity contribution in [2.24, 2.45) is 0 Å². The number of Topliss-reactive ketones (excluding diaryl/α,β-unsaturated/α-hetero) is 1. The molecule has 0 amide bonds. The fourth-order valence-electron chi connectivity index (χ4n) is 2.44. The molecule has 0 unspecified atom stereocenters. The minimum Gasteiger partial charge on any atom is -0.494 e. The summed E-state index contributed by atoms with van der Waals surface area (Å²) in [5.41, 5.74) is 1.85. The van der Waals surface area contributed by atoms with Gasteiger partial charge in [-0.3, -0.25) is 4.79 Å². The minimum atomic E-state index is 0. The average Bonchev–Trinajstić information content (AvgIpc) is 2.69. The topological polar surface area (TPSA) is 38.3 Å². The summed E-state index contributed by atoms with van der Waals surface area (Å²) in [6, 6.07) is 15.3. The predicted molar refractivity (Wildman–Crippen MR) is 128 cm³/mol. The number of carbonyl (C=O) groups excluding carboxylic acids is 1. The van der Waals surface area contributed by atoms with Crippen molar-refractivity contribution in [1.82, 2.24) is 5.32 Å². The highest BCUT2D eigenvalue weighted by Crippen LogP contribution is 2.18. The van der Waals surface area contributed by atoms with E-state index in [2.05, 4.69) is 38.7 Å². The summed E-state index contributed by atoms with van der Waals surface area (Å²) in [4.78, 5) is 13.2. The smallest absolute Gasteiger partial charge is 0.163 e. The van der Waals surface area contributed by atoms with Crippen molar-refractivity contribution in [1.29, 1.82) is 0 Å². The summed E-state index contributed by atoms with van der Waals surface area (Å²) in [6.07, 6.45) is 3.37. The summed E-state index contributed by atoms with van der Waals surface area (Å²) < 4.78 is 5.60. The van der Waals surface area contributed by atoms with Gasteiger partial charge in [-0.05, 0) is 61.8 Å². The van der Waals surface area contributed by atoms with E-state index in [1.54, 1.807) is 0 Å². The molecule has 0 bridgehead atoms. The second-order valence-corrected chi connectivity index (χ2v) is 6.72. The van der Waals surface area contributed by atoms with E-state index in [4.69, 9.17) is 4.74 Å². The van der Waals surface area contributed by atoms with Gasteiger partial charge in [-0.15, -0.1) is 29.6 Å². The Bertz CT molecular complexity index is 660. The van der Waals surface area contributed by atoms with Gasteiger partial charge >= 0.3 is 0 Å². The first-order valence-corrected chi connectivity index (χ1v) is 10.3. The Morgan fingerprint density at radius 2 is 1.64 bits per heavy atom. The van der Waals surface area contributed by atoms with Gasteiger partial charge in [-0.2, -0.15) is 0 Å². The molecule has 156 valence electrons. The van der Waals surface area contributed by atoms with Gasteiger partial charge in [-0.25, -0.2) is 0 Å². The van der Waals surface area contributed by atoms with E-state index in [9.17, 15) is 4.79 Å². The van der Waals surface area contributed by atoms with Gasteiger partial charge in [0.1, 0.15) is 5.75 Å². The molecule has 28 heavy (non-hydrogen) atoms. The Morgan fingerprint density at radius 1 is 1.00 bits per heavy atom. The largest absolute Gasteiger partial charge is 0.494 e. The zero-order valence-electron chi connectivity index (χ0n) is 17.2. The highest BCUT2D eigenvalue weighted by atomic mass is 79.9. The molecule has 2 rings (SSSR count). The third kappa shape index (κ3) is 10.9. The fraction of sp³-hybridized carbons (Fsp3) is 0.435. The number of hydrogen-bond donors (Lipinski definition) is 2. The number of ether oxygens (including phenoxy) is 1. The van der Waals surface area contributed by atoms with Gasteiger partial charge < -0.3 is 10.1 Å². The maximum Gasteiger partial charge on any atom is 0.163 e. The summed E-state index contributed by atoms with van der Waals surface area (Å²) in [7, 11) is 0. The van der Waals surface area contributed by atoms with Crippen molar-refractivity contribution in [3.63, 3.8) is 0 Å². The minimum absolute atomic E-state index is 0. The Hall–Kier alpha value is -1.30. The molecule has 0 saturated carbocycles. The van der Waals surface area contributed by atoms with Crippen molar-refractivity contribution in [2.75, 3.05) is 19.7 Å². The second-order valence-electron chi connectivity index (χ2n) is 6.24. The van der Waals surface area contributed by atoms with E-state index >= 15 is 0 Å². The number of rotatable bonds is 10. The van der Waals surface area contributed by atoms with Crippen LogP contribution in [0.15, 0.2) is 53.4 Å². The molecule has 0 atom stereocenters. The van der Waals surface area contributed by atoms with Crippen LogP contribution < -0.4 is 10.1 Å². The van der Waals surface area contributed by atoms with E-state index in [1.165, 1.54) is 0 Å². The van der Waals surface area contributed by atoms with E-state index in [0.717, 1.165) is 54.3 Å². The van der Waals surface area contributed by atoms with Crippen molar-refractivity contribution in [3.8, 4) is 5.75 Å². The van der Waals surface area contributed by atoms with Crippen LogP contribution in [0.1, 0.15) is 56.0 Å². The maximum atomic E-state index is 12.2. The number of hydrogen-bond acceptors (Lipinski definition) is 4. The summed E-state index contributed by atoms with van der Waals surface area (Å²) in [6.45, 7) is 9.25. The average molecular weight is 469 g/mol. The zero-order chi connectivity index (χ0) is 19.9.